The molecule has 1 rings (SSSR count). The average molecular weight is 200 g/mol. The first-order chi connectivity index (χ1) is 6.22. The van der Waals surface area contributed by atoms with Gasteiger partial charge in [-0.25, -0.2) is 4.79 Å². The topological polar surface area (TPSA) is 52.6 Å². The number of hydrogen-bond acceptors (Lipinski definition) is 2. The zero-order valence-corrected chi connectivity index (χ0v) is 9.42. The van der Waals surface area contributed by atoms with Crippen molar-refractivity contribution in [1.82, 2.24) is 10.2 Å². The second-order valence-corrected chi connectivity index (χ2v) is 5.39. The summed E-state index contributed by atoms with van der Waals surface area (Å²) in [5.74, 6) is 0. The third kappa shape index (κ3) is 2.87. The number of hydrogen-bond donors (Lipinski definition) is 2. The Hall–Kier alpha value is -0.770. The molecule has 4 nitrogen and oxygen atoms in total. The quantitative estimate of drug-likeness (QED) is 0.674. The molecule has 0 aromatic carbocycles. The summed E-state index contributed by atoms with van der Waals surface area (Å²) in [6, 6.07) is 0. The number of carboxylic acid groups (broad SMARTS) is 1. The lowest BCUT2D eigenvalue weighted by atomic mass is 9.96. The highest BCUT2D eigenvalue weighted by atomic mass is 16.4. The molecule has 1 aliphatic heterocycles. The van der Waals surface area contributed by atoms with Crippen molar-refractivity contribution in [1.29, 1.82) is 0 Å². The number of nitrogens with one attached hydrogen (secondary N) is 1. The maximum atomic E-state index is 10.8. The van der Waals surface area contributed by atoms with Crippen LogP contribution in [0.15, 0.2) is 0 Å². The van der Waals surface area contributed by atoms with E-state index in [9.17, 15) is 4.79 Å². The highest BCUT2D eigenvalue weighted by molar-refractivity contribution is 5.65. The van der Waals surface area contributed by atoms with Crippen molar-refractivity contribution in [2.75, 3.05) is 13.1 Å². The van der Waals surface area contributed by atoms with E-state index in [1.54, 1.807) is 0 Å². The van der Waals surface area contributed by atoms with Gasteiger partial charge >= 0.3 is 6.09 Å². The van der Waals surface area contributed by atoms with Crippen molar-refractivity contribution in [2.24, 2.45) is 0 Å². The lowest BCUT2D eigenvalue weighted by Gasteiger charge is -2.34. The van der Waals surface area contributed by atoms with Crippen LogP contribution < -0.4 is 5.32 Å². The summed E-state index contributed by atoms with van der Waals surface area (Å²) in [6.45, 7) is 9.60. The summed E-state index contributed by atoms with van der Waals surface area (Å²) in [5, 5.41) is 12.3. The molecule has 1 amide bonds. The Morgan fingerprint density at radius 3 is 2.43 bits per heavy atom. The number of rotatable bonds is 1. The van der Waals surface area contributed by atoms with E-state index in [1.807, 2.05) is 0 Å². The predicted octanol–water partition coefficient (Wildman–Crippen LogP) is 1.52. The molecule has 2 N–H and O–H groups in total. The molecule has 0 bridgehead atoms. The number of likely N-dealkylation sites (tertiary alicyclic amines) is 1. The Bertz CT molecular complexity index is 235. The second kappa shape index (κ2) is 3.42. The monoisotopic (exact) mass is 200 g/mol. The Morgan fingerprint density at radius 1 is 1.50 bits per heavy atom. The van der Waals surface area contributed by atoms with Crippen LogP contribution in [0, 0.1) is 0 Å². The zero-order valence-electron chi connectivity index (χ0n) is 9.42. The van der Waals surface area contributed by atoms with Crippen molar-refractivity contribution in [2.45, 2.75) is 45.2 Å². The van der Waals surface area contributed by atoms with Crippen LogP contribution in [0.1, 0.15) is 34.1 Å². The molecule has 1 heterocycles. The molecule has 0 spiro atoms. The maximum Gasteiger partial charge on any atom is 0.407 e. The Morgan fingerprint density at radius 2 is 2.07 bits per heavy atom. The molecular formula is C10H20N2O2. The van der Waals surface area contributed by atoms with Crippen molar-refractivity contribution in [3.8, 4) is 0 Å². The van der Waals surface area contributed by atoms with Crippen molar-refractivity contribution < 1.29 is 9.90 Å². The smallest absolute Gasteiger partial charge is 0.407 e. The van der Waals surface area contributed by atoms with Crippen LogP contribution in [0.25, 0.3) is 0 Å². The summed E-state index contributed by atoms with van der Waals surface area (Å²) in [5.41, 5.74) is -0.0418. The minimum Gasteiger partial charge on any atom is -0.465 e. The maximum absolute atomic E-state index is 10.8. The molecule has 0 unspecified atom stereocenters. The van der Waals surface area contributed by atoms with Crippen LogP contribution in [-0.2, 0) is 0 Å². The first-order valence-corrected chi connectivity index (χ1v) is 4.99. The summed E-state index contributed by atoms with van der Waals surface area (Å²) < 4.78 is 0. The van der Waals surface area contributed by atoms with Gasteiger partial charge in [-0.2, -0.15) is 0 Å². The van der Waals surface area contributed by atoms with Crippen LogP contribution in [-0.4, -0.2) is 40.3 Å². The van der Waals surface area contributed by atoms with E-state index in [-0.39, 0.29) is 11.1 Å². The lowest BCUT2D eigenvalue weighted by molar-refractivity contribution is 0.150. The molecule has 4 heteroatoms. The Labute approximate surface area is 85.3 Å². The third-order valence-electron chi connectivity index (χ3n) is 2.42. The van der Waals surface area contributed by atoms with E-state index < -0.39 is 6.09 Å². The highest BCUT2D eigenvalue weighted by Crippen LogP contribution is 2.23. The van der Waals surface area contributed by atoms with Gasteiger partial charge in [0.15, 0.2) is 0 Å². The largest absolute Gasteiger partial charge is 0.465 e. The van der Waals surface area contributed by atoms with E-state index in [1.165, 1.54) is 4.90 Å². The molecule has 0 radical (unpaired) electrons. The average Bonchev–Trinajstić information content (AvgIpc) is 2.27. The predicted molar refractivity (Wildman–Crippen MR) is 55.5 cm³/mol. The standard InChI is InChI=1S/C10H20N2O2/c1-9(2,3)11-10(4)5-6-12(7-10)8(13)14/h11H,5-7H2,1-4H3,(H,13,14)/t10-/m1/s1. The molecule has 1 fully saturated rings. The van der Waals surface area contributed by atoms with Gasteiger partial charge in [0.05, 0.1) is 0 Å². The Kier molecular flexibility index (Phi) is 2.76. The molecule has 82 valence electrons. The minimum absolute atomic E-state index is 0.0310. The summed E-state index contributed by atoms with van der Waals surface area (Å²) in [7, 11) is 0. The fourth-order valence-electron chi connectivity index (χ4n) is 2.13. The van der Waals surface area contributed by atoms with Gasteiger partial charge in [-0.15, -0.1) is 0 Å². The van der Waals surface area contributed by atoms with Gasteiger partial charge in [-0.05, 0) is 34.1 Å². The second-order valence-electron chi connectivity index (χ2n) is 5.39. The molecular weight excluding hydrogens is 180 g/mol. The van der Waals surface area contributed by atoms with Crippen LogP contribution >= 0.6 is 0 Å². The molecule has 1 saturated heterocycles. The van der Waals surface area contributed by atoms with Gasteiger partial charge in [-0.3, -0.25) is 0 Å². The zero-order chi connectivity index (χ0) is 11.0. The first-order valence-electron chi connectivity index (χ1n) is 4.99. The van der Waals surface area contributed by atoms with Crippen LogP contribution in [0.2, 0.25) is 0 Å². The van der Waals surface area contributed by atoms with E-state index in [2.05, 4.69) is 33.0 Å². The van der Waals surface area contributed by atoms with Gasteiger partial charge in [0.2, 0.25) is 0 Å². The van der Waals surface area contributed by atoms with E-state index in [4.69, 9.17) is 5.11 Å². The summed E-state index contributed by atoms with van der Waals surface area (Å²) in [6.07, 6.45) is 0.0701. The fraction of sp³-hybridized carbons (Fsp3) is 0.900. The minimum atomic E-state index is -0.815. The Balaban J connectivity index is 2.58. The molecule has 0 aromatic heterocycles. The highest BCUT2D eigenvalue weighted by Gasteiger charge is 2.38. The molecule has 1 aliphatic rings. The first kappa shape index (κ1) is 11.3. The lowest BCUT2D eigenvalue weighted by Crippen LogP contribution is -2.53. The fourth-order valence-corrected chi connectivity index (χ4v) is 2.13. The van der Waals surface area contributed by atoms with Gasteiger partial charge in [0, 0.05) is 24.2 Å². The number of carbonyl (C=O) groups is 1. The van der Waals surface area contributed by atoms with Crippen LogP contribution in [0.4, 0.5) is 4.79 Å². The number of nitrogens with zero attached hydrogens (tertiary/aromatic N) is 1. The van der Waals surface area contributed by atoms with Crippen molar-refractivity contribution in [3.05, 3.63) is 0 Å². The summed E-state index contributed by atoms with van der Waals surface area (Å²) in [4.78, 5) is 12.2. The van der Waals surface area contributed by atoms with Gasteiger partial charge in [0.1, 0.15) is 0 Å². The SMILES string of the molecule is CC(C)(C)N[C@]1(C)CCN(C(=O)O)C1. The molecule has 0 aliphatic carbocycles. The normalized spacial score (nSPS) is 28.1. The molecule has 1 atom stereocenters. The van der Waals surface area contributed by atoms with E-state index >= 15 is 0 Å². The number of amides is 1. The van der Waals surface area contributed by atoms with Crippen molar-refractivity contribution >= 4 is 6.09 Å². The van der Waals surface area contributed by atoms with Gasteiger partial charge in [0.25, 0.3) is 0 Å². The molecule has 0 aromatic rings. The molecule has 0 saturated carbocycles. The third-order valence-corrected chi connectivity index (χ3v) is 2.42. The van der Waals surface area contributed by atoms with Gasteiger partial charge in [-0.1, -0.05) is 0 Å². The van der Waals surface area contributed by atoms with E-state index in [0.717, 1.165) is 6.42 Å². The van der Waals surface area contributed by atoms with Crippen LogP contribution in [0.5, 0.6) is 0 Å². The van der Waals surface area contributed by atoms with Crippen molar-refractivity contribution in [3.63, 3.8) is 0 Å². The van der Waals surface area contributed by atoms with Crippen LogP contribution in [0.3, 0.4) is 0 Å². The summed E-state index contributed by atoms with van der Waals surface area (Å²) >= 11 is 0. The molecule has 14 heavy (non-hydrogen) atoms. The van der Waals surface area contributed by atoms with Gasteiger partial charge < -0.3 is 15.3 Å². The van der Waals surface area contributed by atoms with E-state index in [0.29, 0.717) is 13.1 Å².